The van der Waals surface area contributed by atoms with Gasteiger partial charge < -0.3 is 15.5 Å². The van der Waals surface area contributed by atoms with Crippen LogP contribution < -0.4 is 10.6 Å². The number of carbonyl (C=O) groups is 4. The van der Waals surface area contributed by atoms with Gasteiger partial charge in [-0.1, -0.05) is 19.8 Å². The lowest BCUT2D eigenvalue weighted by atomic mass is 9.72. The lowest BCUT2D eigenvalue weighted by Gasteiger charge is -2.42. The first-order valence-electron chi connectivity index (χ1n) is 9.23. The Balaban J connectivity index is 2.12. The second-order valence-corrected chi connectivity index (χ2v) is 8.76. The zero-order valence-corrected chi connectivity index (χ0v) is 17.0. The van der Waals surface area contributed by atoms with E-state index in [4.69, 9.17) is 0 Å². The van der Waals surface area contributed by atoms with Crippen LogP contribution in [0.5, 0.6) is 0 Å². The van der Waals surface area contributed by atoms with Gasteiger partial charge in [-0.15, -0.1) is 0 Å². The van der Waals surface area contributed by atoms with Crippen molar-refractivity contribution in [3.05, 3.63) is 0 Å². The van der Waals surface area contributed by atoms with E-state index in [1.54, 1.807) is 0 Å². The third kappa shape index (κ3) is 4.61. The summed E-state index contributed by atoms with van der Waals surface area (Å²) in [6, 6.07) is -0.706. The van der Waals surface area contributed by atoms with E-state index in [-0.39, 0.29) is 17.0 Å². The molecule has 26 heavy (non-hydrogen) atoms. The average Bonchev–Trinajstić information content (AvgIpc) is 2.94. The van der Waals surface area contributed by atoms with Crippen LogP contribution in [-0.2, 0) is 14.4 Å². The van der Waals surface area contributed by atoms with Crippen molar-refractivity contribution in [2.75, 3.05) is 14.1 Å². The minimum absolute atomic E-state index is 0.00532. The van der Waals surface area contributed by atoms with Crippen LogP contribution in [0.4, 0.5) is 4.79 Å². The third-order valence-corrected chi connectivity index (χ3v) is 5.91. The van der Waals surface area contributed by atoms with Gasteiger partial charge in [-0.05, 0) is 53.2 Å². The topological polar surface area (TPSA) is 95.6 Å². The number of rotatable bonds is 7. The number of nitrogens with zero attached hydrogens (tertiary/aromatic N) is 1. The van der Waals surface area contributed by atoms with Crippen LogP contribution in [0.1, 0.15) is 58.3 Å². The van der Waals surface area contributed by atoms with Crippen molar-refractivity contribution in [3.8, 4) is 0 Å². The molecule has 0 aromatic heterocycles. The lowest BCUT2D eigenvalue weighted by molar-refractivity contribution is -0.150. The molecule has 2 fully saturated rings. The zero-order valence-electron chi connectivity index (χ0n) is 15.9. The molecule has 2 aliphatic rings. The van der Waals surface area contributed by atoms with Crippen LogP contribution in [0.15, 0.2) is 0 Å². The maximum atomic E-state index is 12.9. The fourth-order valence-corrected chi connectivity index (χ4v) is 4.18. The second kappa shape index (κ2) is 8.03. The monoisotopic (exact) mass is 383 g/mol. The number of carbonyl (C=O) groups excluding carboxylic acids is 4. The number of hydrogen-bond acceptors (Lipinski definition) is 4. The lowest BCUT2D eigenvalue weighted by Crippen LogP contribution is -2.65. The SMILES string of the molecule is CN(C)C(=O)C(=O)C1(NC(=O)C(CC2(C)CCCC2)NC(=O)P)CCC1. The van der Waals surface area contributed by atoms with Crippen molar-refractivity contribution in [3.63, 3.8) is 0 Å². The summed E-state index contributed by atoms with van der Waals surface area (Å²) in [5.74, 6) is -1.57. The summed E-state index contributed by atoms with van der Waals surface area (Å²) in [5.41, 5.74) is -1.48. The molecule has 0 aromatic rings. The first-order valence-corrected chi connectivity index (χ1v) is 9.80. The summed E-state index contributed by atoms with van der Waals surface area (Å²) in [6.45, 7) is 2.13. The summed E-state index contributed by atoms with van der Waals surface area (Å²) < 4.78 is 0. The van der Waals surface area contributed by atoms with E-state index in [0.717, 1.165) is 32.1 Å². The normalized spacial score (nSPS) is 21.2. The van der Waals surface area contributed by atoms with Gasteiger partial charge in [0.05, 0.1) is 0 Å². The number of likely N-dealkylation sites (N-methyl/N-ethyl adjacent to an activating group) is 1. The highest BCUT2D eigenvalue weighted by Crippen LogP contribution is 2.41. The van der Waals surface area contributed by atoms with Gasteiger partial charge in [0.1, 0.15) is 11.6 Å². The predicted molar refractivity (Wildman–Crippen MR) is 102 cm³/mol. The quantitative estimate of drug-likeness (QED) is 0.516. The Morgan fingerprint density at radius 1 is 1.04 bits per heavy atom. The van der Waals surface area contributed by atoms with E-state index in [1.165, 1.54) is 19.0 Å². The van der Waals surface area contributed by atoms with Crippen molar-refractivity contribution < 1.29 is 19.2 Å². The third-order valence-electron chi connectivity index (χ3n) is 5.75. The fourth-order valence-electron chi connectivity index (χ4n) is 3.98. The maximum Gasteiger partial charge on any atom is 0.291 e. The molecule has 0 spiro atoms. The smallest absolute Gasteiger partial charge is 0.291 e. The van der Waals surface area contributed by atoms with Gasteiger partial charge >= 0.3 is 0 Å². The van der Waals surface area contributed by atoms with Crippen LogP contribution in [-0.4, -0.2) is 53.8 Å². The van der Waals surface area contributed by atoms with Crippen molar-refractivity contribution in [1.82, 2.24) is 15.5 Å². The average molecular weight is 383 g/mol. The standard InChI is InChI=1S/C18H30N3O4P/c1-17(7-4-5-8-17)11-12(19-16(25)26)14(23)20-18(9-6-10-18)13(22)15(24)21(2)3/h12H,4-11,26H2,1-3H3,(H,19,25)(H,20,23). The molecule has 2 N–H and O–H groups in total. The Labute approximate surface area is 157 Å². The minimum atomic E-state index is -1.13. The van der Waals surface area contributed by atoms with Gasteiger partial charge in [-0.2, -0.15) is 0 Å². The Bertz CT molecular complexity index is 595. The molecule has 146 valence electrons. The predicted octanol–water partition coefficient (Wildman–Crippen LogP) is 1.61. The fraction of sp³-hybridized carbons (Fsp3) is 0.778. The molecule has 2 atom stereocenters. The summed E-state index contributed by atoms with van der Waals surface area (Å²) in [4.78, 5) is 50.4. The first-order chi connectivity index (χ1) is 12.1. The van der Waals surface area contributed by atoms with Crippen LogP contribution in [0, 0.1) is 5.41 Å². The molecule has 0 saturated heterocycles. The summed E-state index contributed by atoms with van der Waals surface area (Å²) in [6.07, 6.45) is 6.51. The Kier molecular flexibility index (Phi) is 6.43. The van der Waals surface area contributed by atoms with Gasteiger partial charge in [-0.3, -0.25) is 19.2 Å². The number of amides is 3. The van der Waals surface area contributed by atoms with Crippen molar-refractivity contribution in [1.29, 1.82) is 0 Å². The first kappa shape index (κ1) is 20.8. The maximum absolute atomic E-state index is 12.9. The van der Waals surface area contributed by atoms with Crippen LogP contribution >= 0.6 is 9.24 Å². The largest absolute Gasteiger partial charge is 0.342 e. The van der Waals surface area contributed by atoms with E-state index >= 15 is 0 Å². The molecule has 0 aromatic carbocycles. The van der Waals surface area contributed by atoms with Crippen molar-refractivity contribution >= 4 is 32.5 Å². The molecule has 2 saturated carbocycles. The number of hydrogen-bond donors (Lipinski definition) is 2. The Hall–Kier alpha value is -1.49. The van der Waals surface area contributed by atoms with Crippen LogP contribution in [0.3, 0.4) is 0 Å². The van der Waals surface area contributed by atoms with Gasteiger partial charge in [-0.25, -0.2) is 0 Å². The molecule has 0 bridgehead atoms. The molecule has 0 heterocycles. The Morgan fingerprint density at radius 2 is 1.62 bits per heavy atom. The molecule has 2 unspecified atom stereocenters. The Morgan fingerprint density at radius 3 is 2.04 bits per heavy atom. The van der Waals surface area contributed by atoms with Gasteiger partial charge in [0.25, 0.3) is 5.91 Å². The highest BCUT2D eigenvalue weighted by atomic mass is 31.0. The molecule has 8 heteroatoms. The molecule has 2 rings (SSSR count). The zero-order chi connectivity index (χ0) is 19.5. The van der Waals surface area contributed by atoms with Crippen molar-refractivity contribution in [2.45, 2.75) is 69.9 Å². The minimum Gasteiger partial charge on any atom is -0.342 e. The van der Waals surface area contributed by atoms with Gasteiger partial charge in [0, 0.05) is 14.1 Å². The number of nitrogens with one attached hydrogen (secondary N) is 2. The molecular weight excluding hydrogens is 353 g/mol. The van der Waals surface area contributed by atoms with E-state index in [9.17, 15) is 19.2 Å². The molecule has 0 radical (unpaired) electrons. The van der Waals surface area contributed by atoms with E-state index in [0.29, 0.717) is 19.3 Å². The molecular formula is C18H30N3O4P. The molecule has 3 amide bonds. The highest BCUT2D eigenvalue weighted by molar-refractivity contribution is 7.39. The molecule has 0 aliphatic heterocycles. The molecule has 2 aliphatic carbocycles. The highest BCUT2D eigenvalue weighted by Gasteiger charge is 2.49. The van der Waals surface area contributed by atoms with Gasteiger partial charge in [0.2, 0.25) is 17.3 Å². The summed E-state index contributed by atoms with van der Waals surface area (Å²) in [7, 11) is 5.07. The van der Waals surface area contributed by atoms with E-state index in [2.05, 4.69) is 17.6 Å². The summed E-state index contributed by atoms with van der Waals surface area (Å²) >= 11 is 0. The summed E-state index contributed by atoms with van der Waals surface area (Å²) in [5, 5.41) is 5.50. The number of Topliss-reactive ketones (excluding diaryl/α,β-unsaturated/α-hetero) is 1. The van der Waals surface area contributed by atoms with E-state index in [1.807, 2.05) is 9.24 Å². The van der Waals surface area contributed by atoms with E-state index < -0.39 is 23.3 Å². The van der Waals surface area contributed by atoms with Crippen molar-refractivity contribution in [2.24, 2.45) is 5.41 Å². The second-order valence-electron chi connectivity index (χ2n) is 8.24. The van der Waals surface area contributed by atoms with Crippen LogP contribution in [0.2, 0.25) is 0 Å². The number of ketones is 1. The van der Waals surface area contributed by atoms with Crippen LogP contribution in [0.25, 0.3) is 0 Å². The molecule has 7 nitrogen and oxygen atoms in total. The van der Waals surface area contributed by atoms with Gasteiger partial charge in [0.15, 0.2) is 0 Å².